The van der Waals surface area contributed by atoms with Gasteiger partial charge < -0.3 is 10.2 Å². The van der Waals surface area contributed by atoms with Crippen LogP contribution in [0.3, 0.4) is 0 Å². The normalized spacial score (nSPS) is 14.1. The predicted octanol–water partition coefficient (Wildman–Crippen LogP) is 1.98. The Balaban J connectivity index is 1.90. The van der Waals surface area contributed by atoms with Crippen molar-refractivity contribution >= 4 is 17.5 Å². The number of fused-ring (bicyclic) bond motifs is 1. The molecular formula is C16H15N3O2. The molecule has 0 aliphatic carbocycles. The highest BCUT2D eigenvalue weighted by atomic mass is 16.2. The van der Waals surface area contributed by atoms with Crippen molar-refractivity contribution in [2.45, 2.75) is 13.5 Å². The minimum atomic E-state index is -0.187. The zero-order valence-electron chi connectivity index (χ0n) is 11.7. The summed E-state index contributed by atoms with van der Waals surface area (Å²) < 4.78 is 0. The van der Waals surface area contributed by atoms with E-state index < -0.39 is 0 Å². The molecule has 21 heavy (non-hydrogen) atoms. The van der Waals surface area contributed by atoms with Crippen LogP contribution >= 0.6 is 0 Å². The molecule has 0 unspecified atom stereocenters. The van der Waals surface area contributed by atoms with Crippen molar-refractivity contribution in [2.75, 3.05) is 11.9 Å². The number of hydrogen-bond acceptors (Lipinski definition) is 3. The Morgan fingerprint density at radius 2 is 2.00 bits per heavy atom. The Bertz CT molecular complexity index is 695. The number of para-hydroxylation sites is 1. The zero-order valence-corrected chi connectivity index (χ0v) is 11.7. The van der Waals surface area contributed by atoms with Crippen LogP contribution in [0, 0.1) is 6.92 Å². The maximum absolute atomic E-state index is 12.5. The third kappa shape index (κ3) is 2.76. The van der Waals surface area contributed by atoms with E-state index in [9.17, 15) is 9.59 Å². The van der Waals surface area contributed by atoms with Gasteiger partial charge >= 0.3 is 0 Å². The monoisotopic (exact) mass is 281 g/mol. The first-order valence-corrected chi connectivity index (χ1v) is 6.73. The van der Waals surface area contributed by atoms with Crippen LogP contribution in [0.25, 0.3) is 0 Å². The number of nitrogens with one attached hydrogen (secondary N) is 1. The molecule has 0 fully saturated rings. The van der Waals surface area contributed by atoms with Gasteiger partial charge in [-0.3, -0.25) is 14.6 Å². The second-order valence-electron chi connectivity index (χ2n) is 5.05. The molecule has 1 N–H and O–H groups in total. The number of benzene rings is 1. The van der Waals surface area contributed by atoms with Crippen molar-refractivity contribution in [1.82, 2.24) is 9.88 Å². The molecule has 0 saturated carbocycles. The van der Waals surface area contributed by atoms with E-state index in [4.69, 9.17) is 0 Å². The fourth-order valence-electron chi connectivity index (χ4n) is 2.33. The number of nitrogens with zero attached hydrogens (tertiary/aromatic N) is 2. The lowest BCUT2D eigenvalue weighted by Gasteiger charge is -2.19. The van der Waals surface area contributed by atoms with Crippen LogP contribution in [0.1, 0.15) is 21.6 Å². The molecule has 5 nitrogen and oxygen atoms in total. The summed E-state index contributed by atoms with van der Waals surface area (Å²) in [4.78, 5) is 30.1. The summed E-state index contributed by atoms with van der Waals surface area (Å²) in [5.41, 5.74) is 3.04. The molecule has 2 amide bonds. The average Bonchev–Trinajstić information content (AvgIpc) is 2.65. The van der Waals surface area contributed by atoms with Crippen LogP contribution in [-0.2, 0) is 11.3 Å². The predicted molar refractivity (Wildman–Crippen MR) is 78.8 cm³/mol. The molecule has 0 bridgehead atoms. The fourth-order valence-corrected chi connectivity index (χ4v) is 2.33. The lowest BCUT2D eigenvalue weighted by atomic mass is 10.1. The van der Waals surface area contributed by atoms with E-state index in [1.165, 1.54) is 4.90 Å². The number of aryl methyl sites for hydroxylation is 1. The first-order chi connectivity index (χ1) is 10.1. The maximum Gasteiger partial charge on any atom is 0.256 e. The SMILES string of the molecule is Cc1ccc(C(=O)N2CC(=O)Nc3ccccc3C2)cn1. The highest BCUT2D eigenvalue weighted by Crippen LogP contribution is 2.21. The molecule has 0 spiro atoms. The van der Waals surface area contributed by atoms with Gasteiger partial charge in [-0.15, -0.1) is 0 Å². The van der Waals surface area contributed by atoms with Gasteiger partial charge in [0.15, 0.2) is 0 Å². The largest absolute Gasteiger partial charge is 0.325 e. The quantitative estimate of drug-likeness (QED) is 0.869. The van der Waals surface area contributed by atoms with Crippen LogP contribution < -0.4 is 5.32 Å². The summed E-state index contributed by atoms with van der Waals surface area (Å²) in [6, 6.07) is 11.0. The molecular weight excluding hydrogens is 266 g/mol. The number of aromatic nitrogens is 1. The molecule has 106 valence electrons. The first-order valence-electron chi connectivity index (χ1n) is 6.73. The van der Waals surface area contributed by atoms with Gasteiger partial charge in [0.1, 0.15) is 6.54 Å². The van der Waals surface area contributed by atoms with E-state index >= 15 is 0 Å². The summed E-state index contributed by atoms with van der Waals surface area (Å²) >= 11 is 0. The highest BCUT2D eigenvalue weighted by molar-refractivity contribution is 6.00. The summed E-state index contributed by atoms with van der Waals surface area (Å²) in [6.45, 7) is 2.31. The minimum absolute atomic E-state index is 0.0430. The second kappa shape index (κ2) is 5.36. The van der Waals surface area contributed by atoms with Gasteiger partial charge in [0, 0.05) is 24.1 Å². The van der Waals surface area contributed by atoms with Crippen LogP contribution in [0.4, 0.5) is 5.69 Å². The third-order valence-electron chi connectivity index (χ3n) is 3.43. The van der Waals surface area contributed by atoms with Crippen molar-refractivity contribution in [3.8, 4) is 0 Å². The molecule has 1 aliphatic rings. The first kappa shape index (κ1) is 13.3. The van der Waals surface area contributed by atoms with Gasteiger partial charge in [-0.25, -0.2) is 0 Å². The van der Waals surface area contributed by atoms with E-state index in [2.05, 4.69) is 10.3 Å². The number of pyridine rings is 1. The smallest absolute Gasteiger partial charge is 0.256 e. The lowest BCUT2D eigenvalue weighted by Crippen LogP contribution is -2.35. The Morgan fingerprint density at radius 1 is 1.19 bits per heavy atom. The molecule has 1 aromatic carbocycles. The number of carbonyl (C=O) groups is 2. The van der Waals surface area contributed by atoms with Gasteiger partial charge in [-0.1, -0.05) is 18.2 Å². The summed E-state index contributed by atoms with van der Waals surface area (Å²) in [7, 11) is 0. The number of amides is 2. The number of carbonyl (C=O) groups excluding carboxylic acids is 2. The topological polar surface area (TPSA) is 62.3 Å². The molecule has 3 rings (SSSR count). The average molecular weight is 281 g/mol. The molecule has 0 atom stereocenters. The van der Waals surface area contributed by atoms with E-state index in [0.29, 0.717) is 12.1 Å². The van der Waals surface area contributed by atoms with Gasteiger partial charge in [0.2, 0.25) is 5.91 Å². The summed E-state index contributed by atoms with van der Waals surface area (Å²) in [6.07, 6.45) is 1.55. The van der Waals surface area contributed by atoms with Crippen LogP contribution in [0.15, 0.2) is 42.6 Å². The summed E-state index contributed by atoms with van der Waals surface area (Å²) in [5, 5.41) is 2.82. The fraction of sp³-hybridized carbons (Fsp3) is 0.188. The molecule has 1 aliphatic heterocycles. The van der Waals surface area contributed by atoms with Crippen molar-refractivity contribution < 1.29 is 9.59 Å². The minimum Gasteiger partial charge on any atom is -0.325 e. The van der Waals surface area contributed by atoms with Crippen LogP contribution in [0.2, 0.25) is 0 Å². The number of anilines is 1. The third-order valence-corrected chi connectivity index (χ3v) is 3.43. The van der Waals surface area contributed by atoms with Crippen LogP contribution in [-0.4, -0.2) is 28.2 Å². The van der Waals surface area contributed by atoms with Crippen molar-refractivity contribution in [1.29, 1.82) is 0 Å². The summed E-state index contributed by atoms with van der Waals surface area (Å²) in [5.74, 6) is -0.372. The lowest BCUT2D eigenvalue weighted by molar-refractivity contribution is -0.116. The molecule has 0 saturated heterocycles. The molecule has 2 aromatic rings. The Kier molecular flexibility index (Phi) is 3.39. The van der Waals surface area contributed by atoms with Crippen molar-refractivity contribution in [3.63, 3.8) is 0 Å². The van der Waals surface area contributed by atoms with Gasteiger partial charge in [-0.05, 0) is 30.7 Å². The number of hydrogen-bond donors (Lipinski definition) is 1. The molecule has 2 heterocycles. The van der Waals surface area contributed by atoms with E-state index in [1.807, 2.05) is 31.2 Å². The van der Waals surface area contributed by atoms with Gasteiger partial charge in [-0.2, -0.15) is 0 Å². The number of rotatable bonds is 1. The molecule has 5 heteroatoms. The van der Waals surface area contributed by atoms with Crippen LogP contribution in [0.5, 0.6) is 0 Å². The molecule has 0 radical (unpaired) electrons. The zero-order chi connectivity index (χ0) is 14.8. The highest BCUT2D eigenvalue weighted by Gasteiger charge is 2.23. The Hall–Kier alpha value is -2.69. The van der Waals surface area contributed by atoms with Crippen molar-refractivity contribution in [2.24, 2.45) is 0 Å². The Morgan fingerprint density at radius 3 is 2.76 bits per heavy atom. The Labute approximate surface area is 122 Å². The van der Waals surface area contributed by atoms with Crippen molar-refractivity contribution in [3.05, 3.63) is 59.4 Å². The van der Waals surface area contributed by atoms with E-state index in [1.54, 1.807) is 18.3 Å². The van der Waals surface area contributed by atoms with Gasteiger partial charge in [0.05, 0.1) is 5.56 Å². The maximum atomic E-state index is 12.5. The van der Waals surface area contributed by atoms with Gasteiger partial charge in [0.25, 0.3) is 5.91 Å². The van der Waals surface area contributed by atoms with E-state index in [-0.39, 0.29) is 18.4 Å². The second-order valence-corrected chi connectivity index (χ2v) is 5.05. The standard InChI is InChI=1S/C16H15N3O2/c1-11-6-7-12(8-17-11)16(21)19-9-13-4-2-3-5-14(13)18-15(20)10-19/h2-8H,9-10H2,1H3,(H,18,20). The van der Waals surface area contributed by atoms with E-state index in [0.717, 1.165) is 16.9 Å². The molecule has 1 aromatic heterocycles.